The molecule has 15 heavy (non-hydrogen) atoms. The molecule has 1 aromatic rings. The van der Waals surface area contributed by atoms with Gasteiger partial charge in [-0.2, -0.15) is 0 Å². The van der Waals surface area contributed by atoms with E-state index in [4.69, 9.17) is 0 Å². The monoisotopic (exact) mass is 225 g/mol. The molecule has 0 aromatic heterocycles. The molecular formula is C13H20ClN. The maximum Gasteiger partial charge on any atom is -0.00173 e. The molecule has 1 fully saturated rings. The van der Waals surface area contributed by atoms with Gasteiger partial charge in [-0.25, -0.2) is 0 Å². The Hall–Kier alpha value is -0.530. The molecule has 1 aromatic carbocycles. The molecule has 2 rings (SSSR count). The average Bonchev–Trinajstić information content (AvgIpc) is 2.23. The SMILES string of the molecule is Cc1ccccc1CC1CCCNC1.Cl. The Bertz CT molecular complexity index is 292. The molecule has 1 saturated heterocycles. The highest BCUT2D eigenvalue weighted by atomic mass is 35.5. The van der Waals surface area contributed by atoms with Gasteiger partial charge in [0.1, 0.15) is 0 Å². The summed E-state index contributed by atoms with van der Waals surface area (Å²) >= 11 is 0. The van der Waals surface area contributed by atoms with Crippen molar-refractivity contribution in [3.05, 3.63) is 35.4 Å². The molecule has 1 aliphatic heterocycles. The molecule has 1 unspecified atom stereocenters. The van der Waals surface area contributed by atoms with Crippen LogP contribution in [0.4, 0.5) is 0 Å². The summed E-state index contributed by atoms with van der Waals surface area (Å²) in [5.41, 5.74) is 2.97. The van der Waals surface area contributed by atoms with Gasteiger partial charge in [0.05, 0.1) is 0 Å². The molecule has 2 heteroatoms. The van der Waals surface area contributed by atoms with Gasteiger partial charge in [-0.1, -0.05) is 24.3 Å². The number of nitrogens with one attached hydrogen (secondary N) is 1. The molecule has 1 nitrogen and oxygen atoms in total. The lowest BCUT2D eigenvalue weighted by Crippen LogP contribution is -2.30. The highest BCUT2D eigenvalue weighted by Crippen LogP contribution is 2.18. The first kappa shape index (κ1) is 12.5. The summed E-state index contributed by atoms with van der Waals surface area (Å²) in [5.74, 6) is 0.852. The third kappa shape index (κ3) is 3.51. The summed E-state index contributed by atoms with van der Waals surface area (Å²) in [6, 6.07) is 8.76. The lowest BCUT2D eigenvalue weighted by Gasteiger charge is -2.23. The van der Waals surface area contributed by atoms with Crippen LogP contribution >= 0.6 is 12.4 Å². The van der Waals surface area contributed by atoms with Gasteiger partial charge in [-0.05, 0) is 56.3 Å². The third-order valence-corrected chi connectivity index (χ3v) is 3.17. The molecule has 1 aliphatic rings. The fourth-order valence-electron chi connectivity index (χ4n) is 2.25. The van der Waals surface area contributed by atoms with Crippen LogP contribution in [-0.4, -0.2) is 13.1 Å². The quantitative estimate of drug-likeness (QED) is 0.816. The Morgan fingerprint density at radius 3 is 2.80 bits per heavy atom. The van der Waals surface area contributed by atoms with Crippen molar-refractivity contribution in [2.24, 2.45) is 5.92 Å². The minimum absolute atomic E-state index is 0. The highest BCUT2D eigenvalue weighted by Gasteiger charge is 2.13. The molecule has 0 radical (unpaired) electrons. The fraction of sp³-hybridized carbons (Fsp3) is 0.538. The van der Waals surface area contributed by atoms with Crippen LogP contribution in [0.3, 0.4) is 0 Å². The number of piperidine rings is 1. The predicted octanol–water partition coefficient (Wildman–Crippen LogP) is 2.96. The van der Waals surface area contributed by atoms with Crippen molar-refractivity contribution in [1.29, 1.82) is 0 Å². The average molecular weight is 226 g/mol. The Kier molecular flexibility index (Phi) is 5.13. The maximum atomic E-state index is 3.47. The standard InChI is InChI=1S/C13H19N.ClH/c1-11-5-2-3-7-13(11)9-12-6-4-8-14-10-12;/h2-3,5,7,12,14H,4,6,8-10H2,1H3;1H. The third-order valence-electron chi connectivity index (χ3n) is 3.17. The number of hydrogen-bond acceptors (Lipinski definition) is 1. The van der Waals surface area contributed by atoms with Gasteiger partial charge in [-0.3, -0.25) is 0 Å². The first-order valence-corrected chi connectivity index (χ1v) is 5.61. The van der Waals surface area contributed by atoms with Crippen LogP contribution in [-0.2, 0) is 6.42 Å². The van der Waals surface area contributed by atoms with Gasteiger partial charge >= 0.3 is 0 Å². The van der Waals surface area contributed by atoms with Crippen molar-refractivity contribution in [2.45, 2.75) is 26.2 Å². The topological polar surface area (TPSA) is 12.0 Å². The second-order valence-corrected chi connectivity index (χ2v) is 4.34. The van der Waals surface area contributed by atoms with E-state index < -0.39 is 0 Å². The van der Waals surface area contributed by atoms with Gasteiger partial charge in [0.2, 0.25) is 0 Å². The van der Waals surface area contributed by atoms with Gasteiger partial charge in [0.15, 0.2) is 0 Å². The van der Waals surface area contributed by atoms with Crippen LogP contribution in [0, 0.1) is 12.8 Å². The smallest absolute Gasteiger partial charge is 0.00173 e. The lowest BCUT2D eigenvalue weighted by molar-refractivity contribution is 0.375. The van der Waals surface area contributed by atoms with Crippen LogP contribution < -0.4 is 5.32 Å². The van der Waals surface area contributed by atoms with Crippen LogP contribution in [0.5, 0.6) is 0 Å². The molecule has 0 saturated carbocycles. The van der Waals surface area contributed by atoms with E-state index in [1.54, 1.807) is 0 Å². The van der Waals surface area contributed by atoms with Crippen molar-refractivity contribution in [3.63, 3.8) is 0 Å². The van der Waals surface area contributed by atoms with Crippen LogP contribution in [0.25, 0.3) is 0 Å². The maximum absolute atomic E-state index is 3.47. The van der Waals surface area contributed by atoms with Crippen molar-refractivity contribution in [1.82, 2.24) is 5.32 Å². The van der Waals surface area contributed by atoms with E-state index in [-0.39, 0.29) is 12.4 Å². The van der Waals surface area contributed by atoms with Crippen molar-refractivity contribution >= 4 is 12.4 Å². The Morgan fingerprint density at radius 1 is 1.33 bits per heavy atom. The van der Waals surface area contributed by atoms with Crippen LogP contribution in [0.15, 0.2) is 24.3 Å². The Balaban J connectivity index is 0.00000112. The first-order valence-electron chi connectivity index (χ1n) is 5.61. The van der Waals surface area contributed by atoms with E-state index in [1.165, 1.54) is 43.5 Å². The molecule has 0 aliphatic carbocycles. The molecule has 0 amide bonds. The van der Waals surface area contributed by atoms with E-state index in [2.05, 4.69) is 36.5 Å². The molecule has 1 N–H and O–H groups in total. The summed E-state index contributed by atoms with van der Waals surface area (Å²) in [6.07, 6.45) is 3.98. The van der Waals surface area contributed by atoms with E-state index in [0.717, 1.165) is 5.92 Å². The molecule has 84 valence electrons. The Morgan fingerprint density at radius 2 is 2.13 bits per heavy atom. The predicted molar refractivity (Wildman–Crippen MR) is 67.7 cm³/mol. The summed E-state index contributed by atoms with van der Waals surface area (Å²) in [5, 5.41) is 3.47. The van der Waals surface area contributed by atoms with Gasteiger partial charge in [0.25, 0.3) is 0 Å². The van der Waals surface area contributed by atoms with E-state index in [9.17, 15) is 0 Å². The second-order valence-electron chi connectivity index (χ2n) is 4.34. The fourth-order valence-corrected chi connectivity index (χ4v) is 2.25. The van der Waals surface area contributed by atoms with Crippen molar-refractivity contribution in [2.75, 3.05) is 13.1 Å². The van der Waals surface area contributed by atoms with Gasteiger partial charge < -0.3 is 5.32 Å². The second kappa shape index (κ2) is 6.14. The molecule has 0 spiro atoms. The summed E-state index contributed by atoms with van der Waals surface area (Å²) < 4.78 is 0. The zero-order valence-corrected chi connectivity index (χ0v) is 10.1. The molecular weight excluding hydrogens is 206 g/mol. The summed E-state index contributed by atoms with van der Waals surface area (Å²) in [6.45, 7) is 4.63. The molecule has 1 heterocycles. The molecule has 1 atom stereocenters. The number of hydrogen-bond donors (Lipinski definition) is 1. The zero-order valence-electron chi connectivity index (χ0n) is 9.33. The van der Waals surface area contributed by atoms with Crippen LogP contribution in [0.1, 0.15) is 24.0 Å². The van der Waals surface area contributed by atoms with Gasteiger partial charge in [0, 0.05) is 0 Å². The summed E-state index contributed by atoms with van der Waals surface area (Å²) in [7, 11) is 0. The van der Waals surface area contributed by atoms with E-state index in [0.29, 0.717) is 0 Å². The van der Waals surface area contributed by atoms with Crippen molar-refractivity contribution < 1.29 is 0 Å². The normalized spacial score (nSPS) is 20.7. The number of aryl methyl sites for hydroxylation is 1. The van der Waals surface area contributed by atoms with Crippen LogP contribution in [0.2, 0.25) is 0 Å². The number of rotatable bonds is 2. The van der Waals surface area contributed by atoms with Gasteiger partial charge in [-0.15, -0.1) is 12.4 Å². The summed E-state index contributed by atoms with van der Waals surface area (Å²) in [4.78, 5) is 0. The van der Waals surface area contributed by atoms with Crippen molar-refractivity contribution in [3.8, 4) is 0 Å². The first-order chi connectivity index (χ1) is 6.86. The zero-order chi connectivity index (χ0) is 9.80. The minimum atomic E-state index is 0. The number of benzene rings is 1. The largest absolute Gasteiger partial charge is 0.316 e. The van der Waals surface area contributed by atoms with E-state index >= 15 is 0 Å². The number of halogens is 1. The molecule has 0 bridgehead atoms. The minimum Gasteiger partial charge on any atom is -0.316 e. The highest BCUT2D eigenvalue weighted by molar-refractivity contribution is 5.85. The Labute approximate surface area is 98.7 Å². The van der Waals surface area contributed by atoms with E-state index in [1.807, 2.05) is 0 Å². The lowest BCUT2D eigenvalue weighted by atomic mass is 9.91.